The van der Waals surface area contributed by atoms with Crippen LogP contribution in [0.3, 0.4) is 0 Å². The zero-order chi connectivity index (χ0) is 24.5. The average Bonchev–Trinajstić information content (AvgIpc) is 3.22. The zero-order valence-electron chi connectivity index (χ0n) is 19.8. The third-order valence-electron chi connectivity index (χ3n) is 5.65. The molecule has 0 unspecified atom stereocenters. The summed E-state index contributed by atoms with van der Waals surface area (Å²) in [5.74, 6) is 0.0988. The molecule has 0 atom stereocenters. The molecular formula is C25H28N6O3. The summed E-state index contributed by atoms with van der Waals surface area (Å²) in [5.41, 5.74) is 1.76. The van der Waals surface area contributed by atoms with Crippen LogP contribution in [0.25, 0.3) is 11.0 Å². The molecule has 0 aliphatic carbocycles. The number of aromatic nitrogens is 5. The number of nitrogens with one attached hydrogen (secondary N) is 2. The van der Waals surface area contributed by atoms with Gasteiger partial charge in [-0.05, 0) is 29.0 Å². The van der Waals surface area contributed by atoms with Gasteiger partial charge in [-0.25, -0.2) is 14.5 Å². The van der Waals surface area contributed by atoms with Gasteiger partial charge in [0.25, 0.3) is 11.5 Å². The van der Waals surface area contributed by atoms with Gasteiger partial charge in [0.2, 0.25) is 0 Å². The lowest BCUT2D eigenvalue weighted by Gasteiger charge is -2.19. The van der Waals surface area contributed by atoms with Gasteiger partial charge in [0.05, 0.1) is 23.7 Å². The van der Waals surface area contributed by atoms with Gasteiger partial charge in [0.15, 0.2) is 0 Å². The van der Waals surface area contributed by atoms with Crippen LogP contribution < -0.4 is 16.6 Å². The summed E-state index contributed by atoms with van der Waals surface area (Å²) < 4.78 is 3.10. The first-order chi connectivity index (χ1) is 16.2. The van der Waals surface area contributed by atoms with Gasteiger partial charge in [-0.2, -0.15) is 5.10 Å². The fraction of sp³-hybridized carbons (Fsp3) is 0.320. The van der Waals surface area contributed by atoms with Crippen molar-refractivity contribution in [1.29, 1.82) is 0 Å². The molecule has 3 heterocycles. The van der Waals surface area contributed by atoms with E-state index in [1.54, 1.807) is 16.9 Å². The fourth-order valence-electron chi connectivity index (χ4n) is 3.76. The van der Waals surface area contributed by atoms with Crippen LogP contribution in [-0.2, 0) is 18.5 Å². The summed E-state index contributed by atoms with van der Waals surface area (Å²) in [6.07, 6.45) is 3.69. The maximum absolute atomic E-state index is 12.9. The van der Waals surface area contributed by atoms with Crippen molar-refractivity contribution < 1.29 is 4.79 Å². The maximum atomic E-state index is 12.9. The number of nitrogens with zero attached hydrogens (tertiary/aromatic N) is 4. The molecule has 0 radical (unpaired) electrons. The average molecular weight is 461 g/mol. The quantitative estimate of drug-likeness (QED) is 0.458. The molecule has 9 heteroatoms. The summed E-state index contributed by atoms with van der Waals surface area (Å²) in [7, 11) is 0. The predicted molar refractivity (Wildman–Crippen MR) is 131 cm³/mol. The second-order valence-corrected chi connectivity index (χ2v) is 9.28. The minimum absolute atomic E-state index is 0.0735. The molecular weight excluding hydrogens is 432 g/mol. The zero-order valence-corrected chi connectivity index (χ0v) is 19.8. The van der Waals surface area contributed by atoms with Crippen LogP contribution in [0.15, 0.2) is 58.4 Å². The molecule has 0 aliphatic heterocycles. The van der Waals surface area contributed by atoms with E-state index in [0.29, 0.717) is 25.3 Å². The van der Waals surface area contributed by atoms with Crippen LogP contribution in [0.5, 0.6) is 0 Å². The number of amides is 1. The third kappa shape index (κ3) is 4.68. The van der Waals surface area contributed by atoms with Crippen LogP contribution in [0.2, 0.25) is 0 Å². The van der Waals surface area contributed by atoms with Crippen LogP contribution in [0.4, 0.5) is 5.82 Å². The summed E-state index contributed by atoms with van der Waals surface area (Å²) in [6.45, 7) is 9.34. The van der Waals surface area contributed by atoms with Crippen molar-refractivity contribution in [3.05, 3.63) is 86.3 Å². The number of carbonyl (C=O) groups excluding carboxylic acids is 1. The summed E-state index contributed by atoms with van der Waals surface area (Å²) in [4.78, 5) is 43.9. The molecule has 0 aliphatic rings. The Morgan fingerprint density at radius 2 is 1.85 bits per heavy atom. The Balaban J connectivity index is 1.57. The van der Waals surface area contributed by atoms with Crippen molar-refractivity contribution in [2.45, 2.75) is 52.6 Å². The van der Waals surface area contributed by atoms with Crippen molar-refractivity contribution in [2.24, 2.45) is 0 Å². The largest absolute Gasteiger partial charge is 0.329 e. The van der Waals surface area contributed by atoms with Crippen molar-refractivity contribution >= 4 is 22.8 Å². The highest BCUT2D eigenvalue weighted by Crippen LogP contribution is 2.23. The van der Waals surface area contributed by atoms with Gasteiger partial charge in [0.1, 0.15) is 11.5 Å². The van der Waals surface area contributed by atoms with E-state index in [4.69, 9.17) is 0 Å². The van der Waals surface area contributed by atoms with Gasteiger partial charge < -0.3 is 5.32 Å². The number of hydrogen-bond donors (Lipinski definition) is 2. The second kappa shape index (κ2) is 9.09. The Labute approximate surface area is 196 Å². The monoisotopic (exact) mass is 460 g/mol. The summed E-state index contributed by atoms with van der Waals surface area (Å²) in [6, 6.07) is 11.5. The van der Waals surface area contributed by atoms with Crippen LogP contribution in [0.1, 0.15) is 55.6 Å². The van der Waals surface area contributed by atoms with Crippen molar-refractivity contribution in [3.8, 4) is 0 Å². The highest BCUT2D eigenvalue weighted by molar-refractivity contribution is 6.05. The molecule has 0 saturated heterocycles. The predicted octanol–water partition coefficient (Wildman–Crippen LogP) is 3.29. The number of carbonyl (C=O) groups is 1. The molecule has 2 N–H and O–H groups in total. The molecule has 176 valence electrons. The van der Waals surface area contributed by atoms with Crippen molar-refractivity contribution in [3.63, 3.8) is 0 Å². The number of benzene rings is 1. The SMILES string of the molecule is CCCn1c(=O)[nH]c(=O)c2cc(C(=O)Nc3ccnn3Cc3ccc(C(C)(C)C)cc3)cnc21. The van der Waals surface area contributed by atoms with Gasteiger partial charge in [-0.15, -0.1) is 0 Å². The molecule has 4 rings (SSSR count). The Hall–Kier alpha value is -4.01. The number of aromatic amines is 1. The van der Waals surface area contributed by atoms with Gasteiger partial charge in [0, 0.05) is 18.8 Å². The first kappa shape index (κ1) is 23.2. The number of pyridine rings is 1. The number of H-pyrrole nitrogens is 1. The van der Waals surface area contributed by atoms with E-state index < -0.39 is 17.2 Å². The Morgan fingerprint density at radius 1 is 1.12 bits per heavy atom. The van der Waals surface area contributed by atoms with E-state index in [0.717, 1.165) is 5.56 Å². The van der Waals surface area contributed by atoms with E-state index in [2.05, 4.69) is 65.4 Å². The van der Waals surface area contributed by atoms with Crippen LogP contribution in [-0.4, -0.2) is 30.2 Å². The topological polar surface area (TPSA) is 115 Å². The molecule has 0 fully saturated rings. The molecule has 34 heavy (non-hydrogen) atoms. The van der Waals surface area contributed by atoms with Crippen LogP contribution in [0, 0.1) is 0 Å². The lowest BCUT2D eigenvalue weighted by atomic mass is 9.87. The lowest BCUT2D eigenvalue weighted by molar-refractivity contribution is 0.102. The number of aryl methyl sites for hydroxylation is 1. The summed E-state index contributed by atoms with van der Waals surface area (Å²) in [5, 5.41) is 7.36. The van der Waals surface area contributed by atoms with Gasteiger partial charge in [-0.1, -0.05) is 52.0 Å². The molecule has 3 aromatic heterocycles. The summed E-state index contributed by atoms with van der Waals surface area (Å²) >= 11 is 0. The standard InChI is InChI=1S/C25H28N6O3/c1-5-12-30-21-19(23(33)29-24(30)34)13-17(14-26-21)22(32)28-20-10-11-27-31(20)15-16-6-8-18(9-7-16)25(2,3)4/h6-11,13-14H,5,12,15H2,1-4H3,(H,28,32)(H,29,33,34). The molecule has 1 aromatic carbocycles. The number of rotatable bonds is 6. The minimum Gasteiger partial charge on any atom is -0.307 e. The number of hydrogen-bond acceptors (Lipinski definition) is 5. The third-order valence-corrected chi connectivity index (χ3v) is 5.65. The van der Waals surface area contributed by atoms with Crippen molar-refractivity contribution in [2.75, 3.05) is 5.32 Å². The van der Waals surface area contributed by atoms with Crippen LogP contribution >= 0.6 is 0 Å². The van der Waals surface area contributed by atoms with Crippen molar-refractivity contribution in [1.82, 2.24) is 24.3 Å². The highest BCUT2D eigenvalue weighted by Gasteiger charge is 2.16. The first-order valence-electron chi connectivity index (χ1n) is 11.2. The minimum atomic E-state index is -0.571. The molecule has 0 bridgehead atoms. The fourth-order valence-corrected chi connectivity index (χ4v) is 3.76. The molecule has 0 saturated carbocycles. The van der Waals surface area contributed by atoms with E-state index in [1.165, 1.54) is 22.4 Å². The highest BCUT2D eigenvalue weighted by atomic mass is 16.2. The van der Waals surface area contributed by atoms with E-state index in [1.807, 2.05) is 6.92 Å². The Morgan fingerprint density at radius 3 is 2.53 bits per heavy atom. The number of anilines is 1. The van der Waals surface area contributed by atoms with Gasteiger partial charge >= 0.3 is 5.69 Å². The molecule has 1 amide bonds. The first-order valence-corrected chi connectivity index (χ1v) is 11.2. The molecule has 4 aromatic rings. The Kier molecular flexibility index (Phi) is 6.19. The maximum Gasteiger partial charge on any atom is 0.329 e. The number of fused-ring (bicyclic) bond motifs is 1. The lowest BCUT2D eigenvalue weighted by Crippen LogP contribution is -2.31. The molecule has 9 nitrogen and oxygen atoms in total. The van der Waals surface area contributed by atoms with E-state index >= 15 is 0 Å². The second-order valence-electron chi connectivity index (χ2n) is 9.28. The smallest absolute Gasteiger partial charge is 0.307 e. The normalized spacial score (nSPS) is 11.6. The van der Waals surface area contributed by atoms with E-state index in [-0.39, 0.29) is 22.0 Å². The molecule has 0 spiro atoms. The Bertz CT molecular complexity index is 1460. The van der Waals surface area contributed by atoms with E-state index in [9.17, 15) is 14.4 Å². The van der Waals surface area contributed by atoms with Gasteiger partial charge in [-0.3, -0.25) is 19.1 Å².